The van der Waals surface area contributed by atoms with Crippen LogP contribution in [0.2, 0.25) is 0 Å². The zero-order chi connectivity index (χ0) is 19.4. The van der Waals surface area contributed by atoms with E-state index in [1.807, 2.05) is 6.92 Å². The molecule has 1 aliphatic rings. The number of amides is 1. The Labute approximate surface area is 160 Å². The standard InChI is InChI=1S/C19H26N4O3S/c1-15-12-20-23(13-15)14-19(24)21-16-8-10-18(11-9-16)27(25,26)22(2)17-6-4-3-5-7-17/h8-13,17H,3-7,14H2,1-2H3,(H,21,24). The van der Waals surface area contributed by atoms with E-state index in [9.17, 15) is 13.2 Å². The Morgan fingerprint density at radius 2 is 1.89 bits per heavy atom. The van der Waals surface area contributed by atoms with Gasteiger partial charge in [-0.05, 0) is 49.6 Å². The number of nitrogens with one attached hydrogen (secondary N) is 1. The van der Waals surface area contributed by atoms with Crippen molar-refractivity contribution >= 4 is 21.6 Å². The fourth-order valence-electron chi connectivity index (χ4n) is 3.42. The molecule has 1 N–H and O–H groups in total. The molecule has 0 spiro atoms. The van der Waals surface area contributed by atoms with Crippen molar-refractivity contribution in [3.8, 4) is 0 Å². The smallest absolute Gasteiger partial charge is 0.246 e. The molecule has 27 heavy (non-hydrogen) atoms. The van der Waals surface area contributed by atoms with Gasteiger partial charge in [0.2, 0.25) is 15.9 Å². The lowest BCUT2D eigenvalue weighted by molar-refractivity contribution is -0.116. The fraction of sp³-hybridized carbons (Fsp3) is 0.474. The summed E-state index contributed by atoms with van der Waals surface area (Å²) in [7, 11) is -1.86. The van der Waals surface area contributed by atoms with Crippen molar-refractivity contribution in [3.63, 3.8) is 0 Å². The number of nitrogens with zero attached hydrogens (tertiary/aromatic N) is 3. The fourth-order valence-corrected chi connectivity index (χ4v) is 4.83. The number of carbonyl (C=O) groups is 1. The number of aryl methyl sites for hydroxylation is 1. The molecular formula is C19H26N4O3S. The van der Waals surface area contributed by atoms with Gasteiger partial charge in [-0.2, -0.15) is 9.40 Å². The van der Waals surface area contributed by atoms with E-state index in [4.69, 9.17) is 0 Å². The second kappa shape index (κ2) is 8.22. The van der Waals surface area contributed by atoms with Gasteiger partial charge in [0.1, 0.15) is 6.54 Å². The van der Waals surface area contributed by atoms with Gasteiger partial charge in [0, 0.05) is 25.0 Å². The van der Waals surface area contributed by atoms with Crippen molar-refractivity contribution in [2.45, 2.75) is 56.5 Å². The summed E-state index contributed by atoms with van der Waals surface area (Å²) >= 11 is 0. The van der Waals surface area contributed by atoms with Gasteiger partial charge in [0.15, 0.2) is 0 Å². The summed E-state index contributed by atoms with van der Waals surface area (Å²) < 4.78 is 28.7. The lowest BCUT2D eigenvalue weighted by Gasteiger charge is -2.30. The number of sulfonamides is 1. The Morgan fingerprint density at radius 1 is 1.22 bits per heavy atom. The van der Waals surface area contributed by atoms with Crippen LogP contribution >= 0.6 is 0 Å². The minimum absolute atomic E-state index is 0.0701. The number of benzene rings is 1. The molecule has 1 fully saturated rings. The minimum atomic E-state index is -3.52. The molecule has 2 aromatic rings. The quantitative estimate of drug-likeness (QED) is 0.822. The third-order valence-corrected chi connectivity index (χ3v) is 6.90. The second-order valence-corrected chi connectivity index (χ2v) is 9.10. The topological polar surface area (TPSA) is 84.3 Å². The van der Waals surface area contributed by atoms with Crippen molar-refractivity contribution < 1.29 is 13.2 Å². The number of rotatable bonds is 6. The van der Waals surface area contributed by atoms with Crippen LogP contribution < -0.4 is 5.32 Å². The molecule has 1 aromatic heterocycles. The van der Waals surface area contributed by atoms with Gasteiger partial charge in [-0.3, -0.25) is 9.48 Å². The first-order valence-corrected chi connectivity index (χ1v) is 10.7. The number of aromatic nitrogens is 2. The highest BCUT2D eigenvalue weighted by Crippen LogP contribution is 2.26. The van der Waals surface area contributed by atoms with Crippen LogP contribution in [0.4, 0.5) is 5.69 Å². The Kier molecular flexibility index (Phi) is 5.96. The molecule has 0 unspecified atom stereocenters. The van der Waals surface area contributed by atoms with E-state index >= 15 is 0 Å². The summed E-state index contributed by atoms with van der Waals surface area (Å²) in [4.78, 5) is 12.3. The Morgan fingerprint density at radius 3 is 2.48 bits per heavy atom. The predicted octanol–water partition coefficient (Wildman–Crippen LogP) is 2.78. The van der Waals surface area contributed by atoms with Crippen LogP contribution in [-0.2, 0) is 21.4 Å². The summed E-state index contributed by atoms with van der Waals surface area (Å²) in [6.45, 7) is 2.02. The highest BCUT2D eigenvalue weighted by molar-refractivity contribution is 7.89. The molecule has 1 aromatic carbocycles. The molecule has 1 saturated carbocycles. The van der Waals surface area contributed by atoms with Gasteiger partial charge >= 0.3 is 0 Å². The zero-order valence-electron chi connectivity index (χ0n) is 15.8. The monoisotopic (exact) mass is 390 g/mol. The highest BCUT2D eigenvalue weighted by atomic mass is 32.2. The Balaban J connectivity index is 1.64. The average Bonchev–Trinajstić information content (AvgIpc) is 3.06. The van der Waals surface area contributed by atoms with Crippen molar-refractivity contribution in [1.29, 1.82) is 0 Å². The molecule has 7 nitrogen and oxygen atoms in total. The van der Waals surface area contributed by atoms with Crippen LogP contribution in [0.5, 0.6) is 0 Å². The number of carbonyl (C=O) groups excluding carboxylic acids is 1. The van der Waals surface area contributed by atoms with Crippen molar-refractivity contribution in [1.82, 2.24) is 14.1 Å². The molecule has 3 rings (SSSR count). The summed E-state index contributed by atoms with van der Waals surface area (Å²) in [6, 6.07) is 6.40. The number of hydrogen-bond donors (Lipinski definition) is 1. The van der Waals surface area contributed by atoms with Crippen molar-refractivity contribution in [2.75, 3.05) is 12.4 Å². The SMILES string of the molecule is Cc1cnn(CC(=O)Nc2ccc(S(=O)(=O)N(C)C3CCCCC3)cc2)c1. The van der Waals surface area contributed by atoms with Gasteiger partial charge in [0.05, 0.1) is 11.1 Å². The van der Waals surface area contributed by atoms with Crippen LogP contribution in [0.25, 0.3) is 0 Å². The van der Waals surface area contributed by atoms with Gasteiger partial charge in [-0.1, -0.05) is 19.3 Å². The molecule has 0 atom stereocenters. The van der Waals surface area contributed by atoms with Crippen LogP contribution in [-0.4, -0.2) is 41.5 Å². The molecule has 1 heterocycles. The van der Waals surface area contributed by atoms with Crippen LogP contribution in [0.15, 0.2) is 41.6 Å². The summed E-state index contributed by atoms with van der Waals surface area (Å²) in [5.74, 6) is -0.215. The molecule has 0 aliphatic heterocycles. The average molecular weight is 391 g/mol. The molecule has 146 valence electrons. The molecule has 0 saturated heterocycles. The molecule has 8 heteroatoms. The third-order valence-electron chi connectivity index (χ3n) is 4.97. The largest absolute Gasteiger partial charge is 0.324 e. The maximum absolute atomic E-state index is 12.8. The van der Waals surface area contributed by atoms with Gasteiger partial charge in [-0.15, -0.1) is 0 Å². The zero-order valence-corrected chi connectivity index (χ0v) is 16.6. The van der Waals surface area contributed by atoms with E-state index in [-0.39, 0.29) is 23.4 Å². The van der Waals surface area contributed by atoms with E-state index in [1.165, 1.54) is 10.7 Å². The van der Waals surface area contributed by atoms with Crippen LogP contribution in [0.3, 0.4) is 0 Å². The molecular weight excluding hydrogens is 364 g/mol. The van der Waals surface area contributed by atoms with Gasteiger partial charge in [-0.25, -0.2) is 8.42 Å². The van der Waals surface area contributed by atoms with E-state index < -0.39 is 10.0 Å². The molecule has 0 bridgehead atoms. The van der Waals surface area contributed by atoms with E-state index in [0.29, 0.717) is 5.69 Å². The van der Waals surface area contributed by atoms with E-state index in [0.717, 1.165) is 31.2 Å². The molecule has 1 amide bonds. The summed E-state index contributed by atoms with van der Waals surface area (Å²) in [5.41, 5.74) is 1.54. The van der Waals surface area contributed by atoms with Gasteiger partial charge < -0.3 is 5.32 Å². The third kappa shape index (κ3) is 4.75. The Bertz CT molecular complexity index is 884. The van der Waals surface area contributed by atoms with Crippen molar-refractivity contribution in [3.05, 3.63) is 42.2 Å². The Hall–Kier alpha value is -2.19. The first-order valence-electron chi connectivity index (χ1n) is 9.23. The first kappa shape index (κ1) is 19.6. The second-order valence-electron chi connectivity index (χ2n) is 7.10. The lowest BCUT2D eigenvalue weighted by Crippen LogP contribution is -2.38. The minimum Gasteiger partial charge on any atom is -0.324 e. The molecule has 1 aliphatic carbocycles. The van der Waals surface area contributed by atoms with Gasteiger partial charge in [0.25, 0.3) is 0 Å². The van der Waals surface area contributed by atoms with Crippen LogP contribution in [0.1, 0.15) is 37.7 Å². The number of hydrogen-bond acceptors (Lipinski definition) is 4. The first-order chi connectivity index (χ1) is 12.9. The molecule has 0 radical (unpaired) electrons. The number of anilines is 1. The summed E-state index contributed by atoms with van der Waals surface area (Å²) in [6.07, 6.45) is 8.63. The maximum atomic E-state index is 12.8. The summed E-state index contributed by atoms with van der Waals surface area (Å²) in [5, 5.41) is 6.84. The lowest BCUT2D eigenvalue weighted by atomic mass is 9.96. The van der Waals surface area contributed by atoms with E-state index in [1.54, 1.807) is 48.4 Å². The highest BCUT2D eigenvalue weighted by Gasteiger charge is 2.28. The predicted molar refractivity (Wildman–Crippen MR) is 104 cm³/mol. The van der Waals surface area contributed by atoms with Crippen molar-refractivity contribution in [2.24, 2.45) is 0 Å². The van der Waals surface area contributed by atoms with Crippen LogP contribution in [0, 0.1) is 6.92 Å². The van der Waals surface area contributed by atoms with E-state index in [2.05, 4.69) is 10.4 Å². The normalized spacial score (nSPS) is 15.8. The maximum Gasteiger partial charge on any atom is 0.246 e.